The third kappa shape index (κ3) is 3.75. The molecule has 1 aromatic carbocycles. The van der Waals surface area contributed by atoms with Crippen molar-refractivity contribution in [2.24, 2.45) is 5.92 Å². The molecule has 1 saturated carbocycles. The van der Waals surface area contributed by atoms with E-state index < -0.39 is 9.84 Å². The predicted octanol–water partition coefficient (Wildman–Crippen LogP) is 3.86. The maximum atomic E-state index is 11.8. The van der Waals surface area contributed by atoms with Gasteiger partial charge in [-0.25, -0.2) is 8.42 Å². The lowest BCUT2D eigenvalue weighted by atomic mass is 9.97. The van der Waals surface area contributed by atoms with Crippen LogP contribution in [-0.2, 0) is 9.84 Å². The second kappa shape index (κ2) is 6.61. The van der Waals surface area contributed by atoms with Crippen molar-refractivity contribution in [3.63, 3.8) is 0 Å². The molecule has 0 saturated heterocycles. The summed E-state index contributed by atoms with van der Waals surface area (Å²) in [5, 5.41) is 3.57. The molecule has 2 rings (SSSR count). The minimum Gasteiger partial charge on any atom is -0.382 e. The van der Waals surface area contributed by atoms with Crippen molar-refractivity contribution in [3.05, 3.63) is 24.3 Å². The Bertz CT molecular complexity index is 522. The van der Waals surface area contributed by atoms with Crippen LogP contribution in [0.1, 0.15) is 46.0 Å². The smallest absolute Gasteiger partial charge is 0.178 e. The average molecular weight is 295 g/mol. The third-order valence-corrected chi connectivity index (χ3v) is 6.06. The summed E-state index contributed by atoms with van der Waals surface area (Å²) < 4.78 is 23.6. The van der Waals surface area contributed by atoms with Crippen LogP contribution in [0.4, 0.5) is 5.69 Å². The molecule has 1 aliphatic carbocycles. The summed E-state index contributed by atoms with van der Waals surface area (Å²) in [4.78, 5) is 0.416. The van der Waals surface area contributed by atoms with Gasteiger partial charge in [0.05, 0.1) is 10.6 Å². The molecule has 0 radical (unpaired) electrons. The lowest BCUT2D eigenvalue weighted by Gasteiger charge is -2.24. The van der Waals surface area contributed by atoms with Crippen molar-refractivity contribution in [3.8, 4) is 0 Å². The van der Waals surface area contributed by atoms with Crippen LogP contribution in [0.2, 0.25) is 0 Å². The van der Waals surface area contributed by atoms with Gasteiger partial charge in [0.2, 0.25) is 0 Å². The summed E-state index contributed by atoms with van der Waals surface area (Å²) in [6, 6.07) is 7.71. The van der Waals surface area contributed by atoms with Gasteiger partial charge in [-0.15, -0.1) is 0 Å². The third-order valence-electron chi connectivity index (χ3n) is 4.31. The Labute approximate surface area is 122 Å². The van der Waals surface area contributed by atoms with Crippen molar-refractivity contribution in [2.45, 2.75) is 56.9 Å². The van der Waals surface area contributed by atoms with Gasteiger partial charge >= 0.3 is 0 Å². The summed E-state index contributed by atoms with van der Waals surface area (Å²) in [5.74, 6) is 0.830. The number of anilines is 1. The van der Waals surface area contributed by atoms with Gasteiger partial charge in [-0.05, 0) is 43.0 Å². The van der Waals surface area contributed by atoms with Crippen LogP contribution in [0.25, 0.3) is 0 Å². The molecule has 0 bridgehead atoms. The zero-order valence-corrected chi connectivity index (χ0v) is 13.2. The molecule has 3 nitrogen and oxygen atoms in total. The first kappa shape index (κ1) is 15.4. The Hall–Kier alpha value is -1.03. The molecule has 0 spiro atoms. The second-order valence-electron chi connectivity index (χ2n) is 5.79. The molecular weight excluding hydrogens is 270 g/mol. The molecule has 0 aliphatic heterocycles. The predicted molar refractivity (Wildman–Crippen MR) is 83.8 cm³/mol. The first-order valence-corrected chi connectivity index (χ1v) is 9.27. The number of benzene rings is 1. The topological polar surface area (TPSA) is 46.2 Å². The van der Waals surface area contributed by atoms with Gasteiger partial charge in [-0.1, -0.05) is 33.1 Å². The summed E-state index contributed by atoms with van der Waals surface area (Å²) in [5.41, 5.74) is 1.03. The lowest BCUT2D eigenvalue weighted by molar-refractivity contribution is 0.456. The van der Waals surface area contributed by atoms with Crippen molar-refractivity contribution in [1.82, 2.24) is 0 Å². The van der Waals surface area contributed by atoms with E-state index in [0.717, 1.165) is 5.69 Å². The van der Waals surface area contributed by atoms with E-state index in [1.165, 1.54) is 32.1 Å². The highest BCUT2D eigenvalue weighted by atomic mass is 32.2. The van der Waals surface area contributed by atoms with Crippen LogP contribution in [0.5, 0.6) is 0 Å². The number of sulfone groups is 1. The second-order valence-corrected chi connectivity index (χ2v) is 8.07. The van der Waals surface area contributed by atoms with Crippen LogP contribution in [0, 0.1) is 5.92 Å². The van der Waals surface area contributed by atoms with Crippen molar-refractivity contribution < 1.29 is 8.42 Å². The minimum absolute atomic E-state index is 0.152. The fourth-order valence-electron chi connectivity index (χ4n) is 2.85. The SMILES string of the molecule is CCS(=O)(=O)c1ccc(NC2CCCCCC2C)cc1. The quantitative estimate of drug-likeness (QED) is 0.858. The van der Waals surface area contributed by atoms with Crippen LogP contribution < -0.4 is 5.32 Å². The van der Waals surface area contributed by atoms with Gasteiger partial charge in [0, 0.05) is 11.7 Å². The molecule has 20 heavy (non-hydrogen) atoms. The Balaban J connectivity index is 2.07. The lowest BCUT2D eigenvalue weighted by Crippen LogP contribution is -2.26. The van der Waals surface area contributed by atoms with Gasteiger partial charge in [0.15, 0.2) is 9.84 Å². The van der Waals surface area contributed by atoms with Crippen LogP contribution in [-0.4, -0.2) is 20.2 Å². The highest BCUT2D eigenvalue weighted by Gasteiger charge is 2.19. The summed E-state index contributed by atoms with van der Waals surface area (Å²) in [6.45, 7) is 3.98. The van der Waals surface area contributed by atoms with E-state index in [1.807, 2.05) is 12.1 Å². The summed E-state index contributed by atoms with van der Waals surface area (Å²) in [7, 11) is -3.09. The van der Waals surface area contributed by atoms with Crippen molar-refractivity contribution >= 4 is 15.5 Å². The molecule has 1 N–H and O–H groups in total. The highest BCUT2D eigenvalue weighted by Crippen LogP contribution is 2.26. The molecule has 0 aromatic heterocycles. The Kier molecular flexibility index (Phi) is 5.08. The zero-order chi connectivity index (χ0) is 14.6. The maximum Gasteiger partial charge on any atom is 0.178 e. The Morgan fingerprint density at radius 2 is 1.75 bits per heavy atom. The van der Waals surface area contributed by atoms with Crippen LogP contribution >= 0.6 is 0 Å². The van der Waals surface area contributed by atoms with E-state index in [2.05, 4.69) is 12.2 Å². The molecule has 112 valence electrons. The molecule has 1 aliphatic rings. The van der Waals surface area contributed by atoms with Gasteiger partial charge in [0.1, 0.15) is 0 Å². The van der Waals surface area contributed by atoms with Gasteiger partial charge in [-0.3, -0.25) is 0 Å². The monoisotopic (exact) mass is 295 g/mol. The molecule has 0 amide bonds. The van der Waals surface area contributed by atoms with Crippen LogP contribution in [0.3, 0.4) is 0 Å². The zero-order valence-electron chi connectivity index (χ0n) is 12.4. The first-order chi connectivity index (χ1) is 9.53. The molecule has 2 atom stereocenters. The Morgan fingerprint density at radius 3 is 2.40 bits per heavy atom. The first-order valence-electron chi connectivity index (χ1n) is 7.62. The molecule has 0 heterocycles. The Morgan fingerprint density at radius 1 is 1.10 bits per heavy atom. The molecular formula is C16H25NO2S. The standard InChI is InChI=1S/C16H25NO2S/c1-3-20(18,19)15-11-9-14(10-12-15)17-16-8-6-4-5-7-13(16)2/h9-13,16-17H,3-8H2,1-2H3. The van der Waals surface area contributed by atoms with Crippen LogP contribution in [0.15, 0.2) is 29.2 Å². The minimum atomic E-state index is -3.09. The van der Waals surface area contributed by atoms with E-state index in [9.17, 15) is 8.42 Å². The molecule has 2 unspecified atom stereocenters. The van der Waals surface area contributed by atoms with Gasteiger partial charge < -0.3 is 5.32 Å². The normalized spacial score (nSPS) is 24.1. The largest absolute Gasteiger partial charge is 0.382 e. The van der Waals surface area contributed by atoms with Crippen molar-refractivity contribution in [1.29, 1.82) is 0 Å². The summed E-state index contributed by atoms with van der Waals surface area (Å²) >= 11 is 0. The highest BCUT2D eigenvalue weighted by molar-refractivity contribution is 7.91. The van der Waals surface area contributed by atoms with E-state index in [1.54, 1.807) is 19.1 Å². The summed E-state index contributed by atoms with van der Waals surface area (Å²) in [6.07, 6.45) is 6.42. The van der Waals surface area contributed by atoms with E-state index in [0.29, 0.717) is 16.9 Å². The van der Waals surface area contributed by atoms with E-state index >= 15 is 0 Å². The molecule has 4 heteroatoms. The molecule has 1 aromatic rings. The number of hydrogen-bond donors (Lipinski definition) is 1. The number of hydrogen-bond acceptors (Lipinski definition) is 3. The fourth-order valence-corrected chi connectivity index (χ4v) is 3.73. The van der Waals surface area contributed by atoms with Crippen molar-refractivity contribution in [2.75, 3.05) is 11.1 Å². The van der Waals surface area contributed by atoms with Gasteiger partial charge in [-0.2, -0.15) is 0 Å². The number of nitrogens with one attached hydrogen (secondary N) is 1. The van der Waals surface area contributed by atoms with E-state index in [4.69, 9.17) is 0 Å². The number of rotatable bonds is 4. The fraction of sp³-hybridized carbons (Fsp3) is 0.625. The van der Waals surface area contributed by atoms with Gasteiger partial charge in [0.25, 0.3) is 0 Å². The molecule has 1 fully saturated rings. The van der Waals surface area contributed by atoms with E-state index in [-0.39, 0.29) is 5.75 Å². The maximum absolute atomic E-state index is 11.8. The average Bonchev–Trinajstić information content (AvgIpc) is 2.65.